The van der Waals surface area contributed by atoms with Crippen LogP contribution in [0.1, 0.15) is 48.5 Å². The third kappa shape index (κ3) is 3.81. The zero-order valence-electron chi connectivity index (χ0n) is 16.4. The van der Waals surface area contributed by atoms with Gasteiger partial charge in [-0.15, -0.1) is 0 Å². The largest absolute Gasteiger partial charge is 0.478 e. The summed E-state index contributed by atoms with van der Waals surface area (Å²) < 4.78 is 6.29. The summed E-state index contributed by atoms with van der Waals surface area (Å²) in [5, 5.41) is 12.1. The molecule has 1 N–H and O–H groups in total. The first-order valence-electron chi connectivity index (χ1n) is 8.77. The zero-order chi connectivity index (χ0) is 19.0. The maximum absolute atomic E-state index is 12.4. The van der Waals surface area contributed by atoms with Crippen molar-refractivity contribution >= 4 is 16.7 Å². The first-order valence-corrected chi connectivity index (χ1v) is 8.77. The fourth-order valence-electron chi connectivity index (χ4n) is 4.69. The number of hydrogen-bond donors (Lipinski definition) is 1. The summed E-state index contributed by atoms with van der Waals surface area (Å²) in [5.74, 6) is -0.527. The molecule has 3 heteroatoms. The van der Waals surface area contributed by atoms with E-state index in [1.807, 2.05) is 42.5 Å². The van der Waals surface area contributed by atoms with Gasteiger partial charge in [0, 0.05) is 11.3 Å². The fraction of sp³-hybridized carbons (Fsp3) is 0.500. The normalized spacial score (nSPS) is 15.2. The summed E-state index contributed by atoms with van der Waals surface area (Å²) in [6.07, 6.45) is 0. The van der Waals surface area contributed by atoms with Crippen LogP contribution in [0.4, 0.5) is 0 Å². The van der Waals surface area contributed by atoms with Gasteiger partial charge >= 0.3 is 5.97 Å². The van der Waals surface area contributed by atoms with Gasteiger partial charge in [0.05, 0.1) is 0 Å². The molecule has 3 nitrogen and oxygen atoms in total. The topological polar surface area (TPSA) is 46.5 Å². The minimum Gasteiger partial charge on any atom is -0.478 e. The lowest BCUT2D eigenvalue weighted by Crippen LogP contribution is -2.57. The number of rotatable bonds is 4. The molecule has 0 spiro atoms. The third-order valence-corrected chi connectivity index (χ3v) is 4.78. The van der Waals surface area contributed by atoms with Crippen LogP contribution < -0.4 is 4.74 Å². The van der Waals surface area contributed by atoms with Gasteiger partial charge in [-0.3, -0.25) is 0 Å². The van der Waals surface area contributed by atoms with Gasteiger partial charge in [-0.2, -0.15) is 0 Å². The number of benzene rings is 2. The smallest absolute Gasteiger partial charge is 0.348 e. The fourth-order valence-corrected chi connectivity index (χ4v) is 4.69. The Bertz CT molecular complexity index is 745. The lowest BCUT2D eigenvalue weighted by atomic mass is 9.59. The monoisotopic (exact) mass is 342 g/mol. The van der Waals surface area contributed by atoms with E-state index in [2.05, 4.69) is 41.5 Å². The predicted octanol–water partition coefficient (Wildman–Crippen LogP) is 5.77. The quantitative estimate of drug-likeness (QED) is 0.767. The molecule has 0 radical (unpaired) electrons. The van der Waals surface area contributed by atoms with Gasteiger partial charge in [-0.1, -0.05) is 77.9 Å². The molecule has 0 bridgehead atoms. The van der Waals surface area contributed by atoms with Gasteiger partial charge in [0.1, 0.15) is 5.75 Å². The van der Waals surface area contributed by atoms with Crippen LogP contribution in [0.5, 0.6) is 5.75 Å². The van der Waals surface area contributed by atoms with Crippen LogP contribution in [0.15, 0.2) is 42.5 Å². The first-order chi connectivity index (χ1) is 11.4. The molecule has 0 aromatic heterocycles. The highest BCUT2D eigenvalue weighted by Gasteiger charge is 2.54. The highest BCUT2D eigenvalue weighted by molar-refractivity contribution is 5.89. The molecule has 0 saturated heterocycles. The molecule has 25 heavy (non-hydrogen) atoms. The second kappa shape index (κ2) is 6.36. The van der Waals surface area contributed by atoms with Crippen LogP contribution >= 0.6 is 0 Å². The van der Waals surface area contributed by atoms with Crippen molar-refractivity contribution in [2.75, 3.05) is 0 Å². The van der Waals surface area contributed by atoms with Gasteiger partial charge in [-0.25, -0.2) is 4.79 Å². The Morgan fingerprint density at radius 1 is 0.880 bits per heavy atom. The predicted molar refractivity (Wildman–Crippen MR) is 103 cm³/mol. The maximum Gasteiger partial charge on any atom is 0.348 e. The van der Waals surface area contributed by atoms with Crippen LogP contribution in [-0.4, -0.2) is 16.7 Å². The van der Waals surface area contributed by atoms with E-state index in [0.29, 0.717) is 5.75 Å². The number of fused-ring (bicyclic) bond motifs is 1. The average Bonchev–Trinajstić information content (AvgIpc) is 2.44. The molecule has 0 fully saturated rings. The SMILES string of the molecule is CC(C)(C)C(C(C)(C)C)C(C)(Oc1cccc2ccccc12)C(=O)O. The molecule has 1 unspecified atom stereocenters. The molecule has 136 valence electrons. The lowest BCUT2D eigenvalue weighted by molar-refractivity contribution is -0.170. The first kappa shape index (κ1) is 19.3. The zero-order valence-corrected chi connectivity index (χ0v) is 16.4. The van der Waals surface area contributed by atoms with E-state index in [0.717, 1.165) is 10.8 Å². The summed E-state index contributed by atoms with van der Waals surface area (Å²) in [4.78, 5) is 12.4. The Hall–Kier alpha value is -2.03. The van der Waals surface area contributed by atoms with E-state index >= 15 is 0 Å². The molecule has 2 aromatic rings. The van der Waals surface area contributed by atoms with E-state index in [1.54, 1.807) is 6.92 Å². The van der Waals surface area contributed by atoms with Crippen LogP contribution in [0.3, 0.4) is 0 Å². The van der Waals surface area contributed by atoms with Crippen molar-refractivity contribution in [3.05, 3.63) is 42.5 Å². The third-order valence-electron chi connectivity index (χ3n) is 4.78. The van der Waals surface area contributed by atoms with Crippen molar-refractivity contribution in [1.82, 2.24) is 0 Å². The Kier molecular flexibility index (Phi) is 4.91. The van der Waals surface area contributed by atoms with E-state index in [4.69, 9.17) is 4.74 Å². The summed E-state index contributed by atoms with van der Waals surface area (Å²) in [7, 11) is 0. The summed E-state index contributed by atoms with van der Waals surface area (Å²) in [5.41, 5.74) is -1.83. The highest BCUT2D eigenvalue weighted by atomic mass is 16.5. The molecular formula is C22H30O3. The molecule has 0 aliphatic rings. The number of carboxylic acid groups (broad SMARTS) is 1. The van der Waals surface area contributed by atoms with Crippen molar-refractivity contribution in [3.8, 4) is 5.75 Å². The Balaban J connectivity index is 2.62. The number of aliphatic carboxylic acids is 1. The molecule has 2 aromatic carbocycles. The Morgan fingerprint density at radius 3 is 1.92 bits per heavy atom. The van der Waals surface area contributed by atoms with Crippen LogP contribution in [-0.2, 0) is 4.79 Å². The average molecular weight is 342 g/mol. The van der Waals surface area contributed by atoms with Gasteiger partial charge in [0.2, 0.25) is 5.60 Å². The highest BCUT2D eigenvalue weighted by Crippen LogP contribution is 2.48. The Labute approximate surface area is 151 Å². The van der Waals surface area contributed by atoms with Crippen molar-refractivity contribution in [2.24, 2.45) is 16.7 Å². The van der Waals surface area contributed by atoms with E-state index in [1.165, 1.54) is 0 Å². The minimum absolute atomic E-state index is 0.205. The summed E-state index contributed by atoms with van der Waals surface area (Å²) >= 11 is 0. The van der Waals surface area contributed by atoms with Gasteiger partial charge < -0.3 is 9.84 Å². The molecule has 0 aliphatic heterocycles. The molecule has 1 atom stereocenters. The second-order valence-electron chi connectivity index (χ2n) is 9.16. The van der Waals surface area contributed by atoms with E-state index < -0.39 is 11.6 Å². The lowest BCUT2D eigenvalue weighted by Gasteiger charge is -2.49. The van der Waals surface area contributed by atoms with Crippen LogP contribution in [0.2, 0.25) is 0 Å². The number of hydrogen-bond acceptors (Lipinski definition) is 2. The minimum atomic E-state index is -1.35. The summed E-state index contributed by atoms with van der Waals surface area (Å²) in [6.45, 7) is 14.2. The number of carboxylic acids is 1. The van der Waals surface area contributed by atoms with Crippen molar-refractivity contribution in [2.45, 2.75) is 54.1 Å². The van der Waals surface area contributed by atoms with E-state index in [9.17, 15) is 9.90 Å². The maximum atomic E-state index is 12.4. The molecule has 2 rings (SSSR count). The van der Waals surface area contributed by atoms with Gasteiger partial charge in [0.25, 0.3) is 0 Å². The standard InChI is InChI=1S/C22H30O3/c1-20(2,3)18(21(4,5)6)22(7,19(23)24)25-17-14-10-12-15-11-8-9-13-16(15)17/h8-14,18H,1-7H3,(H,23,24). The molecule has 0 saturated carbocycles. The van der Waals surface area contributed by atoms with Crippen LogP contribution in [0, 0.1) is 16.7 Å². The van der Waals surface area contributed by atoms with Crippen molar-refractivity contribution in [1.29, 1.82) is 0 Å². The van der Waals surface area contributed by atoms with Gasteiger partial charge in [0.15, 0.2) is 0 Å². The molecule has 0 aliphatic carbocycles. The van der Waals surface area contributed by atoms with Crippen LogP contribution in [0.25, 0.3) is 10.8 Å². The second-order valence-corrected chi connectivity index (χ2v) is 9.16. The number of ether oxygens (including phenoxy) is 1. The molecule has 0 amide bonds. The Morgan fingerprint density at radius 2 is 1.40 bits per heavy atom. The van der Waals surface area contributed by atoms with E-state index in [-0.39, 0.29) is 16.7 Å². The molecule has 0 heterocycles. The van der Waals surface area contributed by atoms with Gasteiger partial charge in [-0.05, 0) is 29.2 Å². The van der Waals surface area contributed by atoms with Crippen molar-refractivity contribution < 1.29 is 14.6 Å². The molecular weight excluding hydrogens is 312 g/mol. The summed E-state index contributed by atoms with van der Waals surface area (Å²) in [6, 6.07) is 13.6. The van der Waals surface area contributed by atoms with Crippen molar-refractivity contribution in [3.63, 3.8) is 0 Å². The number of carbonyl (C=O) groups is 1.